The minimum Gasteiger partial charge on any atom is -0.433 e. The van der Waals surface area contributed by atoms with E-state index in [1.165, 1.54) is 16.8 Å². The van der Waals surface area contributed by atoms with Gasteiger partial charge in [0.25, 0.3) is 0 Å². The van der Waals surface area contributed by atoms with Crippen LogP contribution >= 0.6 is 0 Å². The molecule has 0 bridgehead atoms. The molecule has 1 N–H and O–H groups in total. The SMILES string of the molecule is O=C(NCC(F)(F)F)OC1(CCCN2CCN(c3ccc(-c4ccccc4)cc3)CC2)c2ccccc2-c2ccccc21. The van der Waals surface area contributed by atoms with Gasteiger partial charge >= 0.3 is 12.3 Å². The fraction of sp³-hybridized carbons (Fsp3) is 0.286. The average molecular weight is 586 g/mol. The van der Waals surface area contributed by atoms with Crippen LogP contribution in [0.4, 0.5) is 23.7 Å². The van der Waals surface area contributed by atoms with Gasteiger partial charge in [0.15, 0.2) is 5.60 Å². The van der Waals surface area contributed by atoms with Gasteiger partial charge in [-0.25, -0.2) is 4.79 Å². The van der Waals surface area contributed by atoms with E-state index in [0.717, 1.165) is 55.0 Å². The zero-order valence-electron chi connectivity index (χ0n) is 23.8. The van der Waals surface area contributed by atoms with E-state index in [2.05, 4.69) is 46.2 Å². The topological polar surface area (TPSA) is 44.8 Å². The van der Waals surface area contributed by atoms with Crippen molar-refractivity contribution in [3.63, 3.8) is 0 Å². The summed E-state index contributed by atoms with van der Waals surface area (Å²) in [5.41, 5.74) is 5.93. The lowest BCUT2D eigenvalue weighted by Gasteiger charge is -2.37. The number of hydrogen-bond donors (Lipinski definition) is 1. The molecular weight excluding hydrogens is 551 g/mol. The van der Waals surface area contributed by atoms with Gasteiger partial charge in [-0.05, 0) is 53.8 Å². The number of fused-ring (bicyclic) bond motifs is 3. The predicted octanol–water partition coefficient (Wildman–Crippen LogP) is 7.47. The molecule has 6 rings (SSSR count). The molecule has 43 heavy (non-hydrogen) atoms. The molecule has 2 aliphatic rings. The summed E-state index contributed by atoms with van der Waals surface area (Å²) in [7, 11) is 0. The number of rotatable bonds is 8. The molecule has 0 spiro atoms. The minimum absolute atomic E-state index is 0.460. The first kappa shape index (κ1) is 28.8. The Morgan fingerprint density at radius 2 is 1.30 bits per heavy atom. The maximum atomic E-state index is 12.9. The van der Waals surface area contributed by atoms with Gasteiger partial charge in [0.2, 0.25) is 0 Å². The lowest BCUT2D eigenvalue weighted by atomic mass is 9.86. The molecule has 0 radical (unpaired) electrons. The molecule has 222 valence electrons. The van der Waals surface area contributed by atoms with E-state index in [9.17, 15) is 18.0 Å². The van der Waals surface area contributed by atoms with E-state index in [1.807, 2.05) is 72.0 Å². The van der Waals surface area contributed by atoms with Crippen molar-refractivity contribution in [2.45, 2.75) is 24.6 Å². The number of piperazine rings is 1. The van der Waals surface area contributed by atoms with E-state index in [4.69, 9.17) is 4.74 Å². The Kier molecular flexibility index (Phi) is 8.13. The molecule has 4 aromatic carbocycles. The molecule has 1 heterocycles. The standard InChI is InChI=1S/C35H34F3N3O2/c36-35(37,38)25-39-33(42)43-34(31-13-6-4-11-29(31)30-12-5-7-14-32(30)34)19-8-20-40-21-23-41(24-22-40)28-17-15-27(16-18-28)26-9-2-1-3-10-26/h1-7,9-18H,8,19-25H2,(H,39,42). The maximum absolute atomic E-state index is 12.9. The highest BCUT2D eigenvalue weighted by molar-refractivity contribution is 5.82. The van der Waals surface area contributed by atoms with Crippen molar-refractivity contribution in [2.24, 2.45) is 0 Å². The van der Waals surface area contributed by atoms with Gasteiger partial charge < -0.3 is 15.0 Å². The van der Waals surface area contributed by atoms with Gasteiger partial charge in [-0.15, -0.1) is 0 Å². The Morgan fingerprint density at radius 3 is 1.91 bits per heavy atom. The van der Waals surface area contributed by atoms with E-state index >= 15 is 0 Å². The summed E-state index contributed by atoms with van der Waals surface area (Å²) in [5.74, 6) is 0. The second-order valence-corrected chi connectivity index (χ2v) is 11.1. The first-order chi connectivity index (χ1) is 20.8. The van der Waals surface area contributed by atoms with Gasteiger partial charge in [-0.1, -0.05) is 91.0 Å². The molecule has 5 nitrogen and oxygen atoms in total. The number of nitrogens with zero attached hydrogens (tertiary/aromatic N) is 2. The van der Waals surface area contributed by atoms with E-state index in [1.54, 1.807) is 0 Å². The molecule has 0 atom stereocenters. The fourth-order valence-electron chi connectivity index (χ4n) is 6.36. The number of alkyl carbamates (subject to hydrolysis) is 1. The van der Waals surface area contributed by atoms with Gasteiger partial charge in [0.1, 0.15) is 6.54 Å². The van der Waals surface area contributed by atoms with Crippen LogP contribution < -0.4 is 10.2 Å². The van der Waals surface area contributed by atoms with Gasteiger partial charge in [0, 0.05) is 43.0 Å². The van der Waals surface area contributed by atoms with Crippen LogP contribution in [-0.4, -0.2) is 56.4 Å². The third-order valence-corrected chi connectivity index (χ3v) is 8.43. The highest BCUT2D eigenvalue weighted by Crippen LogP contribution is 2.52. The summed E-state index contributed by atoms with van der Waals surface area (Å²) < 4.78 is 44.5. The van der Waals surface area contributed by atoms with Crippen LogP contribution in [0.1, 0.15) is 24.0 Å². The Balaban J connectivity index is 1.11. The summed E-state index contributed by atoms with van der Waals surface area (Å²) in [4.78, 5) is 17.6. The lowest BCUT2D eigenvalue weighted by Crippen LogP contribution is -2.47. The number of amides is 1. The van der Waals surface area contributed by atoms with Crippen LogP contribution in [-0.2, 0) is 10.3 Å². The summed E-state index contributed by atoms with van der Waals surface area (Å²) >= 11 is 0. The Labute approximate surface area is 249 Å². The molecule has 0 saturated carbocycles. The summed E-state index contributed by atoms with van der Waals surface area (Å²) in [5, 5.41) is 1.91. The number of carbonyl (C=O) groups excluding carboxylic acids is 1. The third-order valence-electron chi connectivity index (χ3n) is 8.43. The van der Waals surface area contributed by atoms with Crippen molar-refractivity contribution in [3.05, 3.63) is 114 Å². The van der Waals surface area contributed by atoms with Crippen LogP contribution in [0.2, 0.25) is 0 Å². The predicted molar refractivity (Wildman–Crippen MR) is 163 cm³/mol. The van der Waals surface area contributed by atoms with Crippen LogP contribution in [0.15, 0.2) is 103 Å². The van der Waals surface area contributed by atoms with Crippen LogP contribution in [0.5, 0.6) is 0 Å². The second-order valence-electron chi connectivity index (χ2n) is 11.1. The van der Waals surface area contributed by atoms with Crippen molar-refractivity contribution in [3.8, 4) is 22.3 Å². The third kappa shape index (κ3) is 6.25. The molecule has 1 fully saturated rings. The zero-order valence-corrected chi connectivity index (χ0v) is 23.8. The quantitative estimate of drug-likeness (QED) is 0.233. The first-order valence-corrected chi connectivity index (χ1v) is 14.7. The number of ether oxygens (including phenoxy) is 1. The molecule has 1 saturated heterocycles. The molecule has 1 aliphatic carbocycles. The van der Waals surface area contributed by atoms with Crippen molar-refractivity contribution in [1.29, 1.82) is 0 Å². The van der Waals surface area contributed by atoms with E-state index in [0.29, 0.717) is 12.8 Å². The van der Waals surface area contributed by atoms with Gasteiger partial charge in [0.05, 0.1) is 0 Å². The van der Waals surface area contributed by atoms with E-state index < -0.39 is 24.4 Å². The molecule has 0 unspecified atom stereocenters. The summed E-state index contributed by atoms with van der Waals surface area (Å²) in [6.45, 7) is 2.95. The molecule has 1 aliphatic heterocycles. The fourth-order valence-corrected chi connectivity index (χ4v) is 6.36. The Morgan fingerprint density at radius 1 is 0.744 bits per heavy atom. The van der Waals surface area contributed by atoms with Crippen LogP contribution in [0.25, 0.3) is 22.3 Å². The Hall–Kier alpha value is -4.30. The smallest absolute Gasteiger partial charge is 0.408 e. The van der Waals surface area contributed by atoms with Gasteiger partial charge in [-0.2, -0.15) is 13.2 Å². The monoisotopic (exact) mass is 585 g/mol. The summed E-state index contributed by atoms with van der Waals surface area (Å²) in [6.07, 6.45) is -4.43. The number of carbonyl (C=O) groups is 1. The number of nitrogens with one attached hydrogen (secondary N) is 1. The van der Waals surface area contributed by atoms with Crippen LogP contribution in [0.3, 0.4) is 0 Å². The second kappa shape index (κ2) is 12.1. The zero-order chi connectivity index (χ0) is 29.9. The van der Waals surface area contributed by atoms with E-state index in [-0.39, 0.29) is 0 Å². The Bertz CT molecular complexity index is 1500. The number of benzene rings is 4. The number of halogens is 3. The van der Waals surface area contributed by atoms with Crippen molar-refractivity contribution in [1.82, 2.24) is 10.2 Å². The van der Waals surface area contributed by atoms with Crippen molar-refractivity contribution in [2.75, 3.05) is 44.2 Å². The largest absolute Gasteiger partial charge is 0.433 e. The summed E-state index contributed by atoms with van der Waals surface area (Å²) in [6, 6.07) is 34.4. The maximum Gasteiger partial charge on any atom is 0.408 e. The number of anilines is 1. The minimum atomic E-state index is -4.52. The van der Waals surface area contributed by atoms with Gasteiger partial charge in [-0.3, -0.25) is 4.90 Å². The first-order valence-electron chi connectivity index (χ1n) is 14.7. The normalized spacial score (nSPS) is 15.9. The van der Waals surface area contributed by atoms with Crippen molar-refractivity contribution >= 4 is 11.8 Å². The number of alkyl halides is 3. The highest BCUT2D eigenvalue weighted by atomic mass is 19.4. The molecule has 8 heteroatoms. The average Bonchev–Trinajstić information content (AvgIpc) is 3.30. The molecule has 0 aromatic heterocycles. The molecular formula is C35H34F3N3O2. The lowest BCUT2D eigenvalue weighted by molar-refractivity contribution is -0.124. The van der Waals surface area contributed by atoms with Crippen LogP contribution in [0, 0.1) is 0 Å². The molecule has 4 aromatic rings. The highest BCUT2D eigenvalue weighted by Gasteiger charge is 2.46. The molecule has 1 amide bonds. The number of hydrogen-bond acceptors (Lipinski definition) is 4. The van der Waals surface area contributed by atoms with Crippen molar-refractivity contribution < 1.29 is 22.7 Å².